The van der Waals surface area contributed by atoms with Crippen molar-refractivity contribution in [3.63, 3.8) is 0 Å². The van der Waals surface area contributed by atoms with Gasteiger partial charge in [0.15, 0.2) is 5.82 Å². The van der Waals surface area contributed by atoms with Crippen molar-refractivity contribution in [3.8, 4) is 0 Å². The van der Waals surface area contributed by atoms with Gasteiger partial charge in [-0.25, -0.2) is 4.98 Å². The highest BCUT2D eigenvalue weighted by Crippen LogP contribution is 2.21. The first kappa shape index (κ1) is 19.3. The van der Waals surface area contributed by atoms with Gasteiger partial charge in [0.05, 0.1) is 22.8 Å². The number of rotatable bonds is 6. The van der Waals surface area contributed by atoms with E-state index in [1.54, 1.807) is 24.5 Å². The van der Waals surface area contributed by atoms with Gasteiger partial charge in [0.2, 0.25) is 11.8 Å². The van der Waals surface area contributed by atoms with E-state index in [0.29, 0.717) is 36.0 Å². The second-order valence-electron chi connectivity index (χ2n) is 6.50. The van der Waals surface area contributed by atoms with Crippen molar-refractivity contribution in [2.75, 3.05) is 30.3 Å². The van der Waals surface area contributed by atoms with Crippen molar-refractivity contribution in [3.05, 3.63) is 47.9 Å². The van der Waals surface area contributed by atoms with Crippen LogP contribution in [0.25, 0.3) is 0 Å². The summed E-state index contributed by atoms with van der Waals surface area (Å²) in [6.45, 7) is 2.12. The number of para-hydroxylation sites is 1. The van der Waals surface area contributed by atoms with Gasteiger partial charge in [-0.2, -0.15) is 0 Å². The first-order valence-corrected chi connectivity index (χ1v) is 9.33. The van der Waals surface area contributed by atoms with Crippen molar-refractivity contribution < 1.29 is 9.59 Å². The number of halogens is 1. The van der Waals surface area contributed by atoms with E-state index in [9.17, 15) is 9.59 Å². The molecule has 1 aromatic heterocycles. The zero-order valence-electron chi connectivity index (χ0n) is 14.9. The van der Waals surface area contributed by atoms with Crippen LogP contribution in [0, 0.1) is 5.92 Å². The van der Waals surface area contributed by atoms with Crippen LogP contribution in [0.2, 0.25) is 5.02 Å². The van der Waals surface area contributed by atoms with Crippen molar-refractivity contribution in [2.45, 2.75) is 19.3 Å². The second-order valence-corrected chi connectivity index (χ2v) is 6.90. The van der Waals surface area contributed by atoms with Gasteiger partial charge in [-0.15, -0.1) is 0 Å². The smallest absolute Gasteiger partial charge is 0.229 e. The van der Waals surface area contributed by atoms with E-state index in [2.05, 4.69) is 25.5 Å². The molecular formula is C19H22ClN5O2. The molecule has 1 unspecified atom stereocenters. The molecule has 0 spiro atoms. The number of hydrogen-bond donors (Lipinski definition) is 2. The van der Waals surface area contributed by atoms with Crippen molar-refractivity contribution in [1.29, 1.82) is 0 Å². The Morgan fingerprint density at radius 1 is 1.22 bits per heavy atom. The Morgan fingerprint density at radius 2 is 2.07 bits per heavy atom. The maximum atomic E-state index is 12.4. The summed E-state index contributed by atoms with van der Waals surface area (Å²) in [7, 11) is 0. The van der Waals surface area contributed by atoms with E-state index in [1.165, 1.54) is 6.20 Å². The Kier molecular flexibility index (Phi) is 6.73. The molecule has 1 aromatic carbocycles. The first-order valence-electron chi connectivity index (χ1n) is 8.95. The van der Waals surface area contributed by atoms with Gasteiger partial charge in [-0.1, -0.05) is 23.7 Å². The largest absolute Gasteiger partial charge is 0.325 e. The predicted molar refractivity (Wildman–Crippen MR) is 105 cm³/mol. The van der Waals surface area contributed by atoms with E-state index in [-0.39, 0.29) is 17.7 Å². The molecule has 2 aromatic rings. The third kappa shape index (κ3) is 5.74. The van der Waals surface area contributed by atoms with Crippen LogP contribution >= 0.6 is 11.6 Å². The Hall–Kier alpha value is -2.51. The predicted octanol–water partition coefficient (Wildman–Crippen LogP) is 2.81. The van der Waals surface area contributed by atoms with Crippen LogP contribution in [0.4, 0.5) is 11.5 Å². The quantitative estimate of drug-likeness (QED) is 0.795. The topological polar surface area (TPSA) is 87.2 Å². The Labute approximate surface area is 163 Å². The summed E-state index contributed by atoms with van der Waals surface area (Å²) >= 11 is 6.06. The van der Waals surface area contributed by atoms with Crippen LogP contribution in [-0.2, 0) is 9.59 Å². The molecule has 0 bridgehead atoms. The lowest BCUT2D eigenvalue weighted by molar-refractivity contribution is -0.121. The van der Waals surface area contributed by atoms with Crippen LogP contribution < -0.4 is 10.6 Å². The van der Waals surface area contributed by atoms with Crippen molar-refractivity contribution >= 4 is 34.9 Å². The number of aromatic nitrogens is 2. The third-order valence-electron chi connectivity index (χ3n) is 4.49. The molecular weight excluding hydrogens is 366 g/mol. The summed E-state index contributed by atoms with van der Waals surface area (Å²) in [4.78, 5) is 34.8. The fourth-order valence-corrected chi connectivity index (χ4v) is 3.28. The number of carbonyl (C=O) groups is 2. The van der Waals surface area contributed by atoms with E-state index >= 15 is 0 Å². The zero-order chi connectivity index (χ0) is 19.1. The summed E-state index contributed by atoms with van der Waals surface area (Å²) in [6, 6.07) is 7.15. The third-order valence-corrected chi connectivity index (χ3v) is 4.82. The van der Waals surface area contributed by atoms with Gasteiger partial charge in [0.1, 0.15) is 0 Å². The number of likely N-dealkylation sites (tertiary alicyclic amines) is 1. The molecule has 2 amide bonds. The Balaban J connectivity index is 1.46. The number of amides is 2. The number of piperidine rings is 1. The standard InChI is InChI=1S/C19H22ClN5O2/c20-15-5-1-2-6-16(15)23-18(26)7-11-25-10-3-4-14(13-25)19(27)24-17-12-21-8-9-22-17/h1-2,5-6,8-9,12,14H,3-4,7,10-11,13H2,(H,23,26)(H,22,24,27). The van der Waals surface area contributed by atoms with Crippen LogP contribution in [0.15, 0.2) is 42.9 Å². The summed E-state index contributed by atoms with van der Waals surface area (Å²) in [6.07, 6.45) is 6.73. The van der Waals surface area contributed by atoms with Gasteiger partial charge >= 0.3 is 0 Å². The zero-order valence-corrected chi connectivity index (χ0v) is 15.7. The number of nitrogens with zero attached hydrogens (tertiary/aromatic N) is 3. The minimum Gasteiger partial charge on any atom is -0.325 e. The molecule has 1 atom stereocenters. The lowest BCUT2D eigenvalue weighted by atomic mass is 9.97. The highest BCUT2D eigenvalue weighted by Gasteiger charge is 2.26. The van der Waals surface area contributed by atoms with Crippen LogP contribution in [0.5, 0.6) is 0 Å². The summed E-state index contributed by atoms with van der Waals surface area (Å²) in [5.74, 6) is 0.195. The summed E-state index contributed by atoms with van der Waals surface area (Å²) < 4.78 is 0. The average molecular weight is 388 g/mol. The monoisotopic (exact) mass is 387 g/mol. The molecule has 8 heteroatoms. The fourth-order valence-electron chi connectivity index (χ4n) is 3.10. The average Bonchev–Trinajstić information content (AvgIpc) is 2.69. The molecule has 0 saturated carbocycles. The molecule has 1 fully saturated rings. The molecule has 142 valence electrons. The number of carbonyl (C=O) groups excluding carboxylic acids is 2. The van der Waals surface area contributed by atoms with Gasteiger partial charge < -0.3 is 15.5 Å². The molecule has 1 aliphatic rings. The fraction of sp³-hybridized carbons (Fsp3) is 0.368. The number of hydrogen-bond acceptors (Lipinski definition) is 5. The molecule has 1 aliphatic heterocycles. The second kappa shape index (κ2) is 9.43. The highest BCUT2D eigenvalue weighted by molar-refractivity contribution is 6.33. The van der Waals surface area contributed by atoms with E-state index in [1.807, 2.05) is 12.1 Å². The van der Waals surface area contributed by atoms with Crippen LogP contribution in [0.3, 0.4) is 0 Å². The minimum atomic E-state index is -0.118. The lowest BCUT2D eigenvalue weighted by Gasteiger charge is -2.31. The SMILES string of the molecule is O=C(CCN1CCCC(C(=O)Nc2cnccn2)C1)Nc1ccccc1Cl. The van der Waals surface area contributed by atoms with Crippen LogP contribution in [-0.4, -0.2) is 46.3 Å². The van der Waals surface area contributed by atoms with Crippen molar-refractivity contribution in [2.24, 2.45) is 5.92 Å². The molecule has 3 rings (SSSR count). The van der Waals surface area contributed by atoms with Gasteiger partial charge in [0, 0.05) is 31.9 Å². The minimum absolute atomic E-state index is 0.0549. The summed E-state index contributed by atoms with van der Waals surface area (Å²) in [5.41, 5.74) is 0.615. The number of benzene rings is 1. The number of anilines is 2. The molecule has 0 aliphatic carbocycles. The molecule has 1 saturated heterocycles. The number of nitrogens with one attached hydrogen (secondary N) is 2. The molecule has 2 N–H and O–H groups in total. The molecule has 27 heavy (non-hydrogen) atoms. The Morgan fingerprint density at radius 3 is 2.85 bits per heavy atom. The first-order chi connectivity index (χ1) is 13.1. The molecule has 2 heterocycles. The summed E-state index contributed by atoms with van der Waals surface area (Å²) in [5, 5.41) is 6.15. The Bertz CT molecular complexity index is 787. The van der Waals surface area contributed by atoms with Crippen molar-refractivity contribution in [1.82, 2.24) is 14.9 Å². The van der Waals surface area contributed by atoms with E-state index in [0.717, 1.165) is 19.4 Å². The van der Waals surface area contributed by atoms with Gasteiger partial charge in [-0.05, 0) is 31.5 Å². The van der Waals surface area contributed by atoms with E-state index in [4.69, 9.17) is 11.6 Å². The molecule has 0 radical (unpaired) electrons. The normalized spacial score (nSPS) is 17.3. The highest BCUT2D eigenvalue weighted by atomic mass is 35.5. The maximum absolute atomic E-state index is 12.4. The van der Waals surface area contributed by atoms with Gasteiger partial charge in [0.25, 0.3) is 0 Å². The van der Waals surface area contributed by atoms with Crippen LogP contribution in [0.1, 0.15) is 19.3 Å². The lowest BCUT2D eigenvalue weighted by Crippen LogP contribution is -2.41. The maximum Gasteiger partial charge on any atom is 0.229 e. The van der Waals surface area contributed by atoms with Gasteiger partial charge in [-0.3, -0.25) is 14.6 Å². The van der Waals surface area contributed by atoms with E-state index < -0.39 is 0 Å². The molecule has 7 nitrogen and oxygen atoms in total.